The molecule has 0 aliphatic heterocycles. The Balaban J connectivity index is 4.66. The molecule has 5 nitrogen and oxygen atoms in total. The molecule has 0 heterocycles. The molecular weight excluding hydrogens is 304 g/mol. The standard InChI is InChI=1S/C19H38N2O3/c1-13(2)19(7,16(21)22)12-14(3)8-9-15(4)18(5,6)17(23)24-11-10-20/h13-15H,8-12,20H2,1-7H3,(H2,21,22). The van der Waals surface area contributed by atoms with Crippen LogP contribution in [-0.2, 0) is 14.3 Å². The Hall–Kier alpha value is -1.10. The van der Waals surface area contributed by atoms with E-state index in [2.05, 4.69) is 13.8 Å². The van der Waals surface area contributed by atoms with Crippen molar-refractivity contribution in [3.8, 4) is 0 Å². The van der Waals surface area contributed by atoms with Crippen LogP contribution >= 0.6 is 0 Å². The van der Waals surface area contributed by atoms with Crippen LogP contribution < -0.4 is 11.5 Å². The summed E-state index contributed by atoms with van der Waals surface area (Å²) in [5.74, 6) is 0.324. The smallest absolute Gasteiger partial charge is 0.311 e. The van der Waals surface area contributed by atoms with Gasteiger partial charge in [-0.2, -0.15) is 0 Å². The molecule has 0 bridgehead atoms. The number of nitrogens with two attached hydrogens (primary N) is 2. The van der Waals surface area contributed by atoms with Gasteiger partial charge in [0.1, 0.15) is 6.61 Å². The summed E-state index contributed by atoms with van der Waals surface area (Å²) < 4.78 is 5.20. The van der Waals surface area contributed by atoms with Gasteiger partial charge in [0.25, 0.3) is 0 Å². The van der Waals surface area contributed by atoms with Crippen LogP contribution in [0.5, 0.6) is 0 Å². The molecular formula is C19H38N2O3. The van der Waals surface area contributed by atoms with Gasteiger partial charge in [0.05, 0.1) is 5.41 Å². The second kappa shape index (κ2) is 9.40. The summed E-state index contributed by atoms with van der Waals surface area (Å²) in [5, 5.41) is 0. The maximum absolute atomic E-state index is 12.2. The molecule has 0 fully saturated rings. The highest BCUT2D eigenvalue weighted by atomic mass is 16.5. The summed E-state index contributed by atoms with van der Waals surface area (Å²) >= 11 is 0. The first-order chi connectivity index (χ1) is 10.9. The molecule has 0 aromatic rings. The molecule has 0 spiro atoms. The first-order valence-corrected chi connectivity index (χ1v) is 9.06. The second-order valence-electron chi connectivity index (χ2n) is 8.37. The summed E-state index contributed by atoms with van der Waals surface area (Å²) in [4.78, 5) is 24.0. The topological polar surface area (TPSA) is 95.4 Å². The molecule has 1 amide bonds. The predicted octanol–water partition coefficient (Wildman–Crippen LogP) is 3.10. The van der Waals surface area contributed by atoms with Gasteiger partial charge >= 0.3 is 5.97 Å². The average molecular weight is 343 g/mol. The molecule has 0 rings (SSSR count). The zero-order chi connectivity index (χ0) is 19.1. The number of carbonyl (C=O) groups is 2. The van der Waals surface area contributed by atoms with Crippen LogP contribution in [-0.4, -0.2) is 25.0 Å². The number of carbonyl (C=O) groups excluding carboxylic acids is 2. The zero-order valence-electron chi connectivity index (χ0n) is 16.6. The molecule has 4 N–H and O–H groups in total. The minimum Gasteiger partial charge on any atom is -0.464 e. The lowest BCUT2D eigenvalue weighted by Crippen LogP contribution is -2.40. The van der Waals surface area contributed by atoms with Crippen LogP contribution in [0.25, 0.3) is 0 Å². The molecule has 24 heavy (non-hydrogen) atoms. The molecule has 142 valence electrons. The maximum Gasteiger partial charge on any atom is 0.311 e. The quantitative estimate of drug-likeness (QED) is 0.564. The molecule has 0 aliphatic rings. The van der Waals surface area contributed by atoms with Crippen LogP contribution in [0.2, 0.25) is 0 Å². The molecule has 0 saturated heterocycles. The SMILES string of the molecule is CC(CCC(C)C(C)(C)C(=O)OCCN)CC(C)(C(N)=O)C(C)C. The van der Waals surface area contributed by atoms with Gasteiger partial charge in [-0.15, -0.1) is 0 Å². The minimum atomic E-state index is -0.542. The van der Waals surface area contributed by atoms with E-state index in [9.17, 15) is 9.59 Å². The lowest BCUT2D eigenvalue weighted by atomic mass is 9.70. The number of primary amides is 1. The van der Waals surface area contributed by atoms with E-state index in [0.717, 1.165) is 19.3 Å². The van der Waals surface area contributed by atoms with E-state index in [4.69, 9.17) is 16.2 Å². The summed E-state index contributed by atoms with van der Waals surface area (Å²) in [5.41, 5.74) is 9.98. The molecule has 0 aliphatic carbocycles. The average Bonchev–Trinajstić information content (AvgIpc) is 2.49. The van der Waals surface area contributed by atoms with Crippen LogP contribution in [0.15, 0.2) is 0 Å². The Labute approximate surface area is 147 Å². The highest BCUT2D eigenvalue weighted by Crippen LogP contribution is 2.37. The summed E-state index contributed by atoms with van der Waals surface area (Å²) in [6, 6.07) is 0. The molecule has 3 unspecified atom stereocenters. The number of amides is 1. The van der Waals surface area contributed by atoms with Gasteiger partial charge in [0, 0.05) is 12.0 Å². The lowest BCUT2D eigenvalue weighted by Gasteiger charge is -2.34. The largest absolute Gasteiger partial charge is 0.464 e. The van der Waals surface area contributed by atoms with Crippen molar-refractivity contribution >= 4 is 11.9 Å². The first kappa shape index (κ1) is 22.9. The van der Waals surface area contributed by atoms with Crippen molar-refractivity contribution in [2.24, 2.45) is 40.1 Å². The Morgan fingerprint density at radius 3 is 2.00 bits per heavy atom. The number of rotatable bonds is 11. The summed E-state index contributed by atoms with van der Waals surface area (Å²) in [6.07, 6.45) is 2.62. The molecule has 3 atom stereocenters. The van der Waals surface area contributed by atoms with Crippen molar-refractivity contribution in [3.63, 3.8) is 0 Å². The van der Waals surface area contributed by atoms with Gasteiger partial charge < -0.3 is 16.2 Å². The zero-order valence-corrected chi connectivity index (χ0v) is 16.6. The highest BCUT2D eigenvalue weighted by molar-refractivity contribution is 5.80. The van der Waals surface area contributed by atoms with Crippen LogP contribution in [0.3, 0.4) is 0 Å². The van der Waals surface area contributed by atoms with Gasteiger partial charge in [-0.05, 0) is 44.4 Å². The molecule has 5 heteroatoms. The van der Waals surface area contributed by atoms with Crippen molar-refractivity contribution in [1.82, 2.24) is 0 Å². The van der Waals surface area contributed by atoms with Crippen LogP contribution in [0.1, 0.15) is 67.7 Å². The number of ether oxygens (including phenoxy) is 1. The van der Waals surface area contributed by atoms with Crippen LogP contribution in [0.4, 0.5) is 0 Å². The second-order valence-corrected chi connectivity index (χ2v) is 8.37. The van der Waals surface area contributed by atoms with E-state index in [1.807, 2.05) is 34.6 Å². The Morgan fingerprint density at radius 1 is 1.04 bits per heavy atom. The Bertz CT molecular complexity index is 421. The monoisotopic (exact) mass is 342 g/mol. The van der Waals surface area contributed by atoms with Crippen molar-refractivity contribution < 1.29 is 14.3 Å². The number of esters is 1. The summed E-state index contributed by atoms with van der Waals surface area (Å²) in [6.45, 7) is 14.7. The van der Waals surface area contributed by atoms with Crippen molar-refractivity contribution in [1.29, 1.82) is 0 Å². The molecule has 0 saturated carbocycles. The van der Waals surface area contributed by atoms with E-state index in [0.29, 0.717) is 12.5 Å². The van der Waals surface area contributed by atoms with Gasteiger partial charge in [-0.25, -0.2) is 0 Å². The first-order valence-electron chi connectivity index (χ1n) is 9.06. The normalized spacial score (nSPS) is 17.2. The Kier molecular flexibility index (Phi) is 8.97. The van der Waals surface area contributed by atoms with E-state index in [1.54, 1.807) is 0 Å². The van der Waals surface area contributed by atoms with Gasteiger partial charge in [0.2, 0.25) is 5.91 Å². The third-order valence-electron chi connectivity index (χ3n) is 5.81. The van der Waals surface area contributed by atoms with Gasteiger partial charge in [0.15, 0.2) is 0 Å². The summed E-state index contributed by atoms with van der Waals surface area (Å²) in [7, 11) is 0. The number of hydrogen-bond donors (Lipinski definition) is 2. The van der Waals surface area contributed by atoms with E-state index in [-0.39, 0.29) is 30.3 Å². The third-order valence-corrected chi connectivity index (χ3v) is 5.81. The van der Waals surface area contributed by atoms with Gasteiger partial charge in [-0.3, -0.25) is 9.59 Å². The Morgan fingerprint density at radius 2 is 1.58 bits per heavy atom. The van der Waals surface area contributed by atoms with Crippen molar-refractivity contribution in [3.05, 3.63) is 0 Å². The fourth-order valence-electron chi connectivity index (χ4n) is 2.88. The highest BCUT2D eigenvalue weighted by Gasteiger charge is 2.38. The fraction of sp³-hybridized carbons (Fsp3) is 0.895. The molecule has 0 aromatic heterocycles. The molecule has 0 aromatic carbocycles. The maximum atomic E-state index is 12.2. The predicted molar refractivity (Wildman–Crippen MR) is 98.1 cm³/mol. The lowest BCUT2D eigenvalue weighted by molar-refractivity contribution is -0.156. The minimum absolute atomic E-state index is 0.184. The van der Waals surface area contributed by atoms with E-state index < -0.39 is 10.8 Å². The van der Waals surface area contributed by atoms with Crippen molar-refractivity contribution in [2.75, 3.05) is 13.2 Å². The van der Waals surface area contributed by atoms with Crippen molar-refractivity contribution in [2.45, 2.75) is 67.7 Å². The fourth-order valence-corrected chi connectivity index (χ4v) is 2.88. The van der Waals surface area contributed by atoms with Gasteiger partial charge in [-0.1, -0.05) is 41.0 Å². The van der Waals surface area contributed by atoms with E-state index >= 15 is 0 Å². The third kappa shape index (κ3) is 6.08. The van der Waals surface area contributed by atoms with E-state index in [1.165, 1.54) is 0 Å². The molecule has 0 radical (unpaired) electrons. The van der Waals surface area contributed by atoms with Crippen LogP contribution in [0, 0.1) is 28.6 Å². The number of hydrogen-bond acceptors (Lipinski definition) is 4.